The van der Waals surface area contributed by atoms with Gasteiger partial charge in [-0.2, -0.15) is 0 Å². The van der Waals surface area contributed by atoms with Crippen molar-refractivity contribution in [1.82, 2.24) is 9.97 Å². The SMILES string of the molecule is COCc1cc(Cl)nc(Nc2ccc(C)cc2Br)n1. The highest BCUT2D eigenvalue weighted by Crippen LogP contribution is 2.26. The van der Waals surface area contributed by atoms with E-state index in [-0.39, 0.29) is 0 Å². The standard InChI is InChI=1S/C13H13BrClN3O/c1-8-3-4-11(10(14)5-8)17-13-16-9(7-19-2)6-12(15)18-13/h3-6H,7H2,1-2H3,(H,16,17,18). The Balaban J connectivity index is 2.27. The number of rotatable bonds is 4. The van der Waals surface area contributed by atoms with E-state index in [2.05, 4.69) is 31.2 Å². The van der Waals surface area contributed by atoms with Gasteiger partial charge in [0.1, 0.15) is 5.15 Å². The highest BCUT2D eigenvalue weighted by molar-refractivity contribution is 9.10. The molecule has 0 fully saturated rings. The van der Waals surface area contributed by atoms with E-state index >= 15 is 0 Å². The number of halogens is 2. The molecule has 0 aliphatic rings. The molecule has 0 radical (unpaired) electrons. The molecule has 100 valence electrons. The van der Waals surface area contributed by atoms with Crippen molar-refractivity contribution in [3.8, 4) is 0 Å². The van der Waals surface area contributed by atoms with Crippen molar-refractivity contribution in [3.05, 3.63) is 45.1 Å². The van der Waals surface area contributed by atoms with Crippen LogP contribution in [0.3, 0.4) is 0 Å². The maximum atomic E-state index is 5.96. The molecule has 1 heterocycles. The van der Waals surface area contributed by atoms with E-state index in [9.17, 15) is 0 Å². The van der Waals surface area contributed by atoms with Gasteiger partial charge >= 0.3 is 0 Å². The van der Waals surface area contributed by atoms with Gasteiger partial charge in [-0.15, -0.1) is 0 Å². The molecule has 2 rings (SSSR count). The summed E-state index contributed by atoms with van der Waals surface area (Å²) < 4.78 is 5.99. The van der Waals surface area contributed by atoms with Gasteiger partial charge < -0.3 is 10.1 Å². The average Bonchev–Trinajstić information content (AvgIpc) is 2.32. The molecule has 0 spiro atoms. The van der Waals surface area contributed by atoms with E-state index in [0.29, 0.717) is 17.7 Å². The molecule has 0 bridgehead atoms. The number of aryl methyl sites for hydroxylation is 1. The van der Waals surface area contributed by atoms with Crippen molar-refractivity contribution in [2.45, 2.75) is 13.5 Å². The maximum Gasteiger partial charge on any atom is 0.228 e. The van der Waals surface area contributed by atoms with Crippen LogP contribution in [-0.2, 0) is 11.3 Å². The second-order valence-electron chi connectivity index (χ2n) is 4.05. The molecule has 1 aromatic carbocycles. The first-order valence-electron chi connectivity index (χ1n) is 5.64. The van der Waals surface area contributed by atoms with Crippen molar-refractivity contribution in [2.24, 2.45) is 0 Å². The number of hydrogen-bond donors (Lipinski definition) is 1. The zero-order chi connectivity index (χ0) is 13.8. The Morgan fingerprint density at radius 2 is 2.11 bits per heavy atom. The predicted octanol–water partition coefficient (Wildman–Crippen LogP) is 4.09. The van der Waals surface area contributed by atoms with Crippen molar-refractivity contribution in [2.75, 3.05) is 12.4 Å². The highest BCUT2D eigenvalue weighted by Gasteiger charge is 2.06. The molecule has 0 unspecified atom stereocenters. The lowest BCUT2D eigenvalue weighted by atomic mass is 10.2. The Hall–Kier alpha value is -1.17. The molecule has 0 aliphatic carbocycles. The first-order chi connectivity index (χ1) is 9.08. The summed E-state index contributed by atoms with van der Waals surface area (Å²) >= 11 is 9.46. The third kappa shape index (κ3) is 3.89. The van der Waals surface area contributed by atoms with Crippen LogP contribution in [-0.4, -0.2) is 17.1 Å². The van der Waals surface area contributed by atoms with Gasteiger partial charge in [0.15, 0.2) is 0 Å². The number of ether oxygens (including phenoxy) is 1. The molecule has 19 heavy (non-hydrogen) atoms. The first-order valence-corrected chi connectivity index (χ1v) is 6.81. The zero-order valence-corrected chi connectivity index (χ0v) is 12.9. The summed E-state index contributed by atoms with van der Waals surface area (Å²) in [6, 6.07) is 7.66. The van der Waals surface area contributed by atoms with Gasteiger partial charge in [-0.25, -0.2) is 9.97 Å². The van der Waals surface area contributed by atoms with Gasteiger partial charge in [0.05, 0.1) is 18.0 Å². The summed E-state index contributed by atoms with van der Waals surface area (Å²) in [5.74, 6) is 0.448. The summed E-state index contributed by atoms with van der Waals surface area (Å²) in [5, 5.41) is 3.51. The van der Waals surface area contributed by atoms with E-state index in [0.717, 1.165) is 15.9 Å². The molecule has 4 nitrogen and oxygen atoms in total. The quantitative estimate of drug-likeness (QED) is 0.850. The molecule has 0 aliphatic heterocycles. The van der Waals surface area contributed by atoms with E-state index in [1.165, 1.54) is 5.56 Å². The van der Waals surface area contributed by atoms with Crippen molar-refractivity contribution < 1.29 is 4.74 Å². The smallest absolute Gasteiger partial charge is 0.228 e. The van der Waals surface area contributed by atoms with Gasteiger partial charge in [0.25, 0.3) is 0 Å². The van der Waals surface area contributed by atoms with Gasteiger partial charge in [-0.05, 0) is 46.6 Å². The van der Waals surface area contributed by atoms with Crippen LogP contribution in [0.5, 0.6) is 0 Å². The molecule has 0 saturated carbocycles. The zero-order valence-electron chi connectivity index (χ0n) is 10.6. The largest absolute Gasteiger partial charge is 0.378 e. The second-order valence-corrected chi connectivity index (χ2v) is 5.29. The number of nitrogens with zero attached hydrogens (tertiary/aromatic N) is 2. The first kappa shape index (κ1) is 14.2. The predicted molar refractivity (Wildman–Crippen MR) is 79.9 cm³/mol. The van der Waals surface area contributed by atoms with Gasteiger partial charge in [-0.3, -0.25) is 0 Å². The fourth-order valence-corrected chi connectivity index (χ4v) is 2.38. The van der Waals surface area contributed by atoms with Gasteiger partial charge in [0, 0.05) is 11.6 Å². The Labute approximate surface area is 125 Å². The molecule has 6 heteroatoms. The normalized spacial score (nSPS) is 10.5. The number of methoxy groups -OCH3 is 1. The minimum atomic E-state index is 0.382. The minimum absolute atomic E-state index is 0.382. The van der Waals surface area contributed by atoms with Crippen LogP contribution in [0.1, 0.15) is 11.3 Å². The fourth-order valence-electron chi connectivity index (χ4n) is 1.58. The lowest BCUT2D eigenvalue weighted by Crippen LogP contribution is -2.02. The van der Waals surface area contributed by atoms with Crippen LogP contribution < -0.4 is 5.32 Å². The number of nitrogens with one attached hydrogen (secondary N) is 1. The van der Waals surface area contributed by atoms with Crippen LogP contribution in [0, 0.1) is 6.92 Å². The second kappa shape index (κ2) is 6.32. The summed E-state index contributed by atoms with van der Waals surface area (Å²) in [4.78, 5) is 8.47. The van der Waals surface area contributed by atoms with Gasteiger partial charge in [-0.1, -0.05) is 17.7 Å². The number of aromatic nitrogens is 2. The Bertz CT molecular complexity index is 592. The van der Waals surface area contributed by atoms with Crippen molar-refractivity contribution >= 4 is 39.2 Å². The fraction of sp³-hybridized carbons (Fsp3) is 0.231. The summed E-state index contributed by atoms with van der Waals surface area (Å²) in [6.07, 6.45) is 0. The molecule has 0 amide bonds. The monoisotopic (exact) mass is 341 g/mol. The molecule has 0 saturated heterocycles. The lowest BCUT2D eigenvalue weighted by molar-refractivity contribution is 0.181. The third-order valence-electron chi connectivity index (χ3n) is 2.41. The topological polar surface area (TPSA) is 47.0 Å². The summed E-state index contributed by atoms with van der Waals surface area (Å²) in [7, 11) is 1.61. The van der Waals surface area contributed by atoms with Crippen molar-refractivity contribution in [3.63, 3.8) is 0 Å². The highest BCUT2D eigenvalue weighted by atomic mass is 79.9. The lowest BCUT2D eigenvalue weighted by Gasteiger charge is -2.09. The minimum Gasteiger partial charge on any atom is -0.378 e. The van der Waals surface area contributed by atoms with Crippen LogP contribution in [0.15, 0.2) is 28.7 Å². The summed E-state index contributed by atoms with van der Waals surface area (Å²) in [6.45, 7) is 2.42. The van der Waals surface area contributed by atoms with Crippen LogP contribution in [0.25, 0.3) is 0 Å². The molecule has 2 aromatic rings. The summed E-state index contributed by atoms with van der Waals surface area (Å²) in [5.41, 5.74) is 2.79. The van der Waals surface area contributed by atoms with E-state index in [1.54, 1.807) is 13.2 Å². The number of benzene rings is 1. The van der Waals surface area contributed by atoms with E-state index in [1.807, 2.05) is 25.1 Å². The Kier molecular flexibility index (Phi) is 4.74. The maximum absolute atomic E-state index is 5.96. The molecular formula is C13H13BrClN3O. The molecule has 1 N–H and O–H groups in total. The molecular weight excluding hydrogens is 330 g/mol. The van der Waals surface area contributed by atoms with Gasteiger partial charge in [0.2, 0.25) is 5.95 Å². The van der Waals surface area contributed by atoms with E-state index in [4.69, 9.17) is 16.3 Å². The Morgan fingerprint density at radius 1 is 1.32 bits per heavy atom. The number of hydrogen-bond acceptors (Lipinski definition) is 4. The third-order valence-corrected chi connectivity index (χ3v) is 3.26. The van der Waals surface area contributed by atoms with E-state index < -0.39 is 0 Å². The average molecular weight is 343 g/mol. The Morgan fingerprint density at radius 3 is 2.79 bits per heavy atom. The molecule has 0 atom stereocenters. The van der Waals surface area contributed by atoms with Crippen LogP contribution in [0.2, 0.25) is 5.15 Å². The van der Waals surface area contributed by atoms with Crippen LogP contribution >= 0.6 is 27.5 Å². The van der Waals surface area contributed by atoms with Crippen LogP contribution in [0.4, 0.5) is 11.6 Å². The van der Waals surface area contributed by atoms with Crippen molar-refractivity contribution in [1.29, 1.82) is 0 Å². The number of anilines is 2. The molecule has 1 aromatic heterocycles.